The second-order valence-corrected chi connectivity index (χ2v) is 5.37. The largest absolute Gasteiger partial charge is 0.324 e. The van der Waals surface area contributed by atoms with E-state index < -0.39 is 0 Å². The van der Waals surface area contributed by atoms with Crippen LogP contribution in [0.25, 0.3) is 0 Å². The zero-order valence-corrected chi connectivity index (χ0v) is 10.8. The molecule has 0 aliphatic heterocycles. The molecule has 0 aromatic heterocycles. The van der Waals surface area contributed by atoms with E-state index in [4.69, 9.17) is 28.9 Å². The molecule has 3 heteroatoms. The summed E-state index contributed by atoms with van der Waals surface area (Å²) in [6.45, 7) is 0. The average Bonchev–Trinajstić information content (AvgIpc) is 2.30. The third-order valence-corrected chi connectivity index (χ3v) is 4.15. The molecule has 0 radical (unpaired) electrons. The predicted molar refractivity (Wildman–Crippen MR) is 70.0 cm³/mol. The summed E-state index contributed by atoms with van der Waals surface area (Å²) in [5, 5.41) is 1.40. The SMILES string of the molecule is NC(c1c(Cl)cccc1Cl)C1CCCCC1. The Bertz CT molecular complexity index is 339. The van der Waals surface area contributed by atoms with Gasteiger partial charge in [-0.1, -0.05) is 48.5 Å². The van der Waals surface area contributed by atoms with Crippen molar-refractivity contribution < 1.29 is 0 Å². The molecule has 1 aromatic carbocycles. The number of nitrogens with two attached hydrogens (primary N) is 1. The van der Waals surface area contributed by atoms with E-state index >= 15 is 0 Å². The highest BCUT2D eigenvalue weighted by atomic mass is 35.5. The lowest BCUT2D eigenvalue weighted by molar-refractivity contribution is 0.308. The molecule has 1 nitrogen and oxygen atoms in total. The van der Waals surface area contributed by atoms with Crippen molar-refractivity contribution in [2.45, 2.75) is 38.1 Å². The first-order chi connectivity index (χ1) is 7.70. The Morgan fingerprint density at radius 3 is 2.19 bits per heavy atom. The monoisotopic (exact) mass is 257 g/mol. The quantitative estimate of drug-likeness (QED) is 0.825. The van der Waals surface area contributed by atoms with Crippen LogP contribution in [0.2, 0.25) is 10.0 Å². The summed E-state index contributed by atoms with van der Waals surface area (Å²) in [5.74, 6) is 0.533. The van der Waals surface area contributed by atoms with Gasteiger partial charge in [-0.3, -0.25) is 0 Å². The van der Waals surface area contributed by atoms with E-state index in [1.807, 2.05) is 18.2 Å². The molecule has 0 amide bonds. The molecule has 1 fully saturated rings. The molecule has 0 saturated heterocycles. The van der Waals surface area contributed by atoms with Crippen LogP contribution in [0.15, 0.2) is 18.2 Å². The molecule has 0 heterocycles. The molecular weight excluding hydrogens is 241 g/mol. The van der Waals surface area contributed by atoms with Crippen LogP contribution in [0.4, 0.5) is 0 Å². The molecule has 1 aliphatic carbocycles. The van der Waals surface area contributed by atoms with Crippen molar-refractivity contribution >= 4 is 23.2 Å². The highest BCUT2D eigenvalue weighted by Gasteiger charge is 2.24. The van der Waals surface area contributed by atoms with Crippen LogP contribution in [-0.2, 0) is 0 Å². The van der Waals surface area contributed by atoms with Crippen LogP contribution in [0.5, 0.6) is 0 Å². The fourth-order valence-electron chi connectivity index (χ4n) is 2.56. The molecule has 16 heavy (non-hydrogen) atoms. The predicted octanol–water partition coefficient (Wildman–Crippen LogP) is 4.57. The van der Waals surface area contributed by atoms with Crippen molar-refractivity contribution in [1.29, 1.82) is 0 Å². The number of rotatable bonds is 2. The van der Waals surface area contributed by atoms with Crippen molar-refractivity contribution in [2.75, 3.05) is 0 Å². The lowest BCUT2D eigenvalue weighted by Crippen LogP contribution is -2.24. The highest BCUT2D eigenvalue weighted by molar-refractivity contribution is 6.36. The lowest BCUT2D eigenvalue weighted by Gasteiger charge is -2.28. The third-order valence-electron chi connectivity index (χ3n) is 3.49. The van der Waals surface area contributed by atoms with Gasteiger partial charge in [0, 0.05) is 21.7 Å². The maximum Gasteiger partial charge on any atom is 0.0468 e. The van der Waals surface area contributed by atoms with Gasteiger partial charge in [0.15, 0.2) is 0 Å². The summed E-state index contributed by atoms with van der Waals surface area (Å²) < 4.78 is 0. The Kier molecular flexibility index (Phi) is 4.12. The second-order valence-electron chi connectivity index (χ2n) is 4.56. The summed E-state index contributed by atoms with van der Waals surface area (Å²) in [7, 11) is 0. The molecule has 1 unspecified atom stereocenters. The fraction of sp³-hybridized carbons (Fsp3) is 0.538. The minimum atomic E-state index is -0.0125. The fourth-order valence-corrected chi connectivity index (χ4v) is 3.21. The van der Waals surface area contributed by atoms with Crippen molar-refractivity contribution in [3.05, 3.63) is 33.8 Å². The molecule has 0 bridgehead atoms. The van der Waals surface area contributed by atoms with Crippen LogP contribution in [0.1, 0.15) is 43.7 Å². The van der Waals surface area contributed by atoms with Gasteiger partial charge < -0.3 is 5.73 Å². The van der Waals surface area contributed by atoms with Crippen molar-refractivity contribution in [2.24, 2.45) is 11.7 Å². The van der Waals surface area contributed by atoms with Crippen LogP contribution in [-0.4, -0.2) is 0 Å². The lowest BCUT2D eigenvalue weighted by atomic mass is 9.81. The van der Waals surface area contributed by atoms with Gasteiger partial charge in [0.2, 0.25) is 0 Å². The van der Waals surface area contributed by atoms with Crippen LogP contribution in [0, 0.1) is 5.92 Å². The Hall–Kier alpha value is -0.240. The maximum atomic E-state index is 6.30. The van der Waals surface area contributed by atoms with Gasteiger partial charge in [0.25, 0.3) is 0 Å². The molecule has 2 N–H and O–H groups in total. The van der Waals surface area contributed by atoms with E-state index in [0.29, 0.717) is 16.0 Å². The first-order valence-corrected chi connectivity index (χ1v) is 6.65. The van der Waals surface area contributed by atoms with Crippen LogP contribution < -0.4 is 5.73 Å². The van der Waals surface area contributed by atoms with E-state index in [9.17, 15) is 0 Å². The summed E-state index contributed by atoms with van der Waals surface area (Å²) >= 11 is 12.4. The zero-order chi connectivity index (χ0) is 11.5. The van der Waals surface area contributed by atoms with E-state index in [1.165, 1.54) is 32.1 Å². The summed E-state index contributed by atoms with van der Waals surface area (Å²) in [4.78, 5) is 0. The molecule has 1 atom stereocenters. The van der Waals surface area contributed by atoms with Gasteiger partial charge in [0.1, 0.15) is 0 Å². The van der Waals surface area contributed by atoms with Gasteiger partial charge in [0.05, 0.1) is 0 Å². The average molecular weight is 258 g/mol. The number of benzene rings is 1. The van der Waals surface area contributed by atoms with Crippen molar-refractivity contribution in [3.8, 4) is 0 Å². The van der Waals surface area contributed by atoms with Crippen molar-refractivity contribution in [3.63, 3.8) is 0 Å². The molecule has 1 saturated carbocycles. The van der Waals surface area contributed by atoms with Crippen LogP contribution >= 0.6 is 23.2 Å². The maximum absolute atomic E-state index is 6.30. The molecule has 0 spiro atoms. The molecule has 1 aliphatic rings. The first kappa shape index (κ1) is 12.2. The Labute approximate surface area is 107 Å². The number of hydrogen-bond acceptors (Lipinski definition) is 1. The number of hydrogen-bond donors (Lipinski definition) is 1. The summed E-state index contributed by atoms with van der Waals surface area (Å²) in [6, 6.07) is 5.58. The number of halogens is 2. The van der Waals surface area contributed by atoms with E-state index in [-0.39, 0.29) is 6.04 Å². The van der Waals surface area contributed by atoms with Crippen molar-refractivity contribution in [1.82, 2.24) is 0 Å². The highest BCUT2D eigenvalue weighted by Crippen LogP contribution is 2.38. The van der Waals surface area contributed by atoms with E-state index in [2.05, 4.69) is 0 Å². The standard InChI is InChI=1S/C13H17Cl2N/c14-10-7-4-8-11(15)12(10)13(16)9-5-2-1-3-6-9/h4,7-9,13H,1-3,5-6,16H2. The third kappa shape index (κ3) is 2.53. The van der Waals surface area contributed by atoms with E-state index in [0.717, 1.165) is 5.56 Å². The second kappa shape index (κ2) is 5.39. The van der Waals surface area contributed by atoms with Gasteiger partial charge in [-0.2, -0.15) is 0 Å². The first-order valence-electron chi connectivity index (χ1n) is 5.89. The summed E-state index contributed by atoms with van der Waals surface area (Å²) in [5.41, 5.74) is 7.23. The van der Waals surface area contributed by atoms with Gasteiger partial charge in [-0.25, -0.2) is 0 Å². The Morgan fingerprint density at radius 1 is 1.06 bits per heavy atom. The topological polar surface area (TPSA) is 26.0 Å². The van der Waals surface area contributed by atoms with Gasteiger partial charge >= 0.3 is 0 Å². The molecular formula is C13H17Cl2N. The van der Waals surface area contributed by atoms with E-state index in [1.54, 1.807) is 0 Å². The molecule has 88 valence electrons. The minimum absolute atomic E-state index is 0.0125. The minimum Gasteiger partial charge on any atom is -0.324 e. The molecule has 1 aromatic rings. The smallest absolute Gasteiger partial charge is 0.0468 e. The van der Waals surface area contributed by atoms with Gasteiger partial charge in [-0.15, -0.1) is 0 Å². The summed E-state index contributed by atoms with van der Waals surface area (Å²) in [6.07, 6.45) is 6.28. The Morgan fingerprint density at radius 2 is 1.62 bits per heavy atom. The van der Waals surface area contributed by atoms with Crippen LogP contribution in [0.3, 0.4) is 0 Å². The van der Waals surface area contributed by atoms with Gasteiger partial charge in [-0.05, 0) is 30.9 Å². The Balaban J connectivity index is 2.22. The molecule has 2 rings (SSSR count). The zero-order valence-electron chi connectivity index (χ0n) is 9.26. The normalized spacial score (nSPS) is 19.7.